The number of carbonyl (C=O) groups excluding carboxylic acids is 1. The lowest BCUT2D eigenvalue weighted by molar-refractivity contribution is -0.137. The van der Waals surface area contributed by atoms with E-state index in [-0.39, 0.29) is 25.7 Å². The minimum Gasteiger partial charge on any atom is -0.395 e. The Kier molecular flexibility index (Phi) is 6.44. The summed E-state index contributed by atoms with van der Waals surface area (Å²) < 4.78 is 38.4. The maximum absolute atomic E-state index is 12.8. The summed E-state index contributed by atoms with van der Waals surface area (Å²) in [7, 11) is 0. The molecule has 2 amide bonds. The molecule has 0 bridgehead atoms. The number of carbonyl (C=O) groups is 1. The fourth-order valence-electron chi connectivity index (χ4n) is 2.15. The summed E-state index contributed by atoms with van der Waals surface area (Å²) in [6.07, 6.45) is -4.39. The van der Waals surface area contributed by atoms with Gasteiger partial charge in [-0.2, -0.15) is 13.2 Å². The van der Waals surface area contributed by atoms with Gasteiger partial charge in [0.25, 0.3) is 0 Å². The van der Waals surface area contributed by atoms with Crippen LogP contribution in [0, 0.1) is 0 Å². The van der Waals surface area contributed by atoms with Gasteiger partial charge in [0.15, 0.2) is 0 Å². The number of amides is 2. The van der Waals surface area contributed by atoms with Crippen molar-refractivity contribution >= 4 is 6.03 Å². The first-order valence-electron chi connectivity index (χ1n) is 7.43. The molecule has 0 spiro atoms. The molecule has 130 valence electrons. The van der Waals surface area contributed by atoms with Crippen molar-refractivity contribution in [1.29, 1.82) is 0 Å². The van der Waals surface area contributed by atoms with Gasteiger partial charge in [-0.15, -0.1) is 0 Å². The topological polar surface area (TPSA) is 52.6 Å². The number of halogens is 3. The van der Waals surface area contributed by atoms with Crippen molar-refractivity contribution < 1.29 is 23.1 Å². The van der Waals surface area contributed by atoms with Gasteiger partial charge in [-0.25, -0.2) is 4.79 Å². The van der Waals surface area contributed by atoms with E-state index in [1.165, 1.54) is 11.0 Å². The number of hydrogen-bond acceptors (Lipinski definition) is 2. The molecule has 0 heterocycles. The number of nitrogens with zero attached hydrogens (tertiary/aromatic N) is 1. The first kappa shape index (κ1) is 19.3. The van der Waals surface area contributed by atoms with Gasteiger partial charge < -0.3 is 15.3 Å². The van der Waals surface area contributed by atoms with E-state index in [0.29, 0.717) is 12.1 Å². The monoisotopic (exact) mass is 332 g/mol. The second-order valence-electron chi connectivity index (χ2n) is 5.92. The lowest BCUT2D eigenvalue weighted by atomic mass is 9.84. The second-order valence-corrected chi connectivity index (χ2v) is 5.92. The van der Waals surface area contributed by atoms with Crippen LogP contribution in [0.15, 0.2) is 24.3 Å². The number of aliphatic hydroxyl groups excluding tert-OH is 1. The van der Waals surface area contributed by atoms with Gasteiger partial charge in [-0.05, 0) is 18.6 Å². The zero-order valence-electron chi connectivity index (χ0n) is 13.6. The molecule has 0 aromatic heterocycles. The molecular formula is C16H23F3N2O2. The molecule has 0 fully saturated rings. The van der Waals surface area contributed by atoms with E-state index in [2.05, 4.69) is 5.32 Å². The minimum atomic E-state index is -4.39. The largest absolute Gasteiger partial charge is 0.416 e. The number of benzene rings is 1. The number of alkyl halides is 3. The van der Waals surface area contributed by atoms with Gasteiger partial charge in [0.05, 0.1) is 12.2 Å². The van der Waals surface area contributed by atoms with Crippen molar-refractivity contribution in [2.45, 2.75) is 32.4 Å². The van der Waals surface area contributed by atoms with E-state index in [9.17, 15) is 18.0 Å². The second kappa shape index (κ2) is 7.68. The predicted molar refractivity (Wildman–Crippen MR) is 82.2 cm³/mol. The summed E-state index contributed by atoms with van der Waals surface area (Å²) in [6, 6.07) is 4.77. The van der Waals surface area contributed by atoms with Crippen LogP contribution in [-0.4, -0.2) is 42.3 Å². The third-order valence-corrected chi connectivity index (χ3v) is 3.69. The lowest BCUT2D eigenvalue weighted by Crippen LogP contribution is -2.45. The molecule has 0 aliphatic carbocycles. The van der Waals surface area contributed by atoms with Crippen LogP contribution in [0.2, 0.25) is 0 Å². The molecule has 1 rings (SSSR count). The van der Waals surface area contributed by atoms with Crippen LogP contribution in [0.4, 0.5) is 18.0 Å². The normalized spacial score (nSPS) is 12.1. The lowest BCUT2D eigenvalue weighted by Gasteiger charge is -2.28. The molecule has 0 radical (unpaired) electrons. The Hall–Kier alpha value is -1.76. The van der Waals surface area contributed by atoms with E-state index in [1.807, 2.05) is 0 Å². The Labute approximate surface area is 134 Å². The highest BCUT2D eigenvalue weighted by Crippen LogP contribution is 2.32. The Balaban J connectivity index is 2.81. The number of hydrogen-bond donors (Lipinski definition) is 2. The molecule has 1 aromatic carbocycles. The smallest absolute Gasteiger partial charge is 0.395 e. The average Bonchev–Trinajstić information content (AvgIpc) is 2.49. The molecule has 1 aromatic rings. The van der Waals surface area contributed by atoms with Gasteiger partial charge in [0.2, 0.25) is 0 Å². The van der Waals surface area contributed by atoms with Crippen molar-refractivity contribution in [2.75, 3.05) is 26.2 Å². The number of rotatable bonds is 6. The summed E-state index contributed by atoms with van der Waals surface area (Å²) >= 11 is 0. The summed E-state index contributed by atoms with van der Waals surface area (Å²) in [6.45, 7) is 6.03. The van der Waals surface area contributed by atoms with Crippen LogP contribution in [0.25, 0.3) is 0 Å². The van der Waals surface area contributed by atoms with E-state index in [1.54, 1.807) is 26.8 Å². The third-order valence-electron chi connectivity index (χ3n) is 3.69. The molecule has 0 aliphatic heterocycles. The highest BCUT2D eigenvalue weighted by Gasteiger charge is 2.32. The molecule has 0 aliphatic rings. The van der Waals surface area contributed by atoms with Crippen LogP contribution in [0.5, 0.6) is 0 Å². The van der Waals surface area contributed by atoms with E-state index < -0.39 is 17.2 Å². The van der Waals surface area contributed by atoms with Crippen LogP contribution in [0.1, 0.15) is 31.9 Å². The van der Waals surface area contributed by atoms with E-state index >= 15 is 0 Å². The van der Waals surface area contributed by atoms with Crippen molar-refractivity contribution in [1.82, 2.24) is 10.2 Å². The summed E-state index contributed by atoms with van der Waals surface area (Å²) in [5.74, 6) is 0. The predicted octanol–water partition coefficient (Wildman–Crippen LogP) is 3.01. The first-order chi connectivity index (χ1) is 10.6. The maximum Gasteiger partial charge on any atom is 0.416 e. The fraction of sp³-hybridized carbons (Fsp3) is 0.562. The zero-order valence-corrected chi connectivity index (χ0v) is 13.6. The number of urea groups is 1. The Morgan fingerprint density at radius 1 is 1.26 bits per heavy atom. The molecule has 0 unspecified atom stereocenters. The van der Waals surface area contributed by atoms with Gasteiger partial charge in [-0.1, -0.05) is 32.0 Å². The van der Waals surface area contributed by atoms with Gasteiger partial charge >= 0.3 is 12.2 Å². The van der Waals surface area contributed by atoms with Crippen LogP contribution in [-0.2, 0) is 11.6 Å². The fourth-order valence-corrected chi connectivity index (χ4v) is 2.15. The molecule has 0 saturated heterocycles. The molecule has 0 atom stereocenters. The van der Waals surface area contributed by atoms with Crippen molar-refractivity contribution in [3.05, 3.63) is 35.4 Å². The van der Waals surface area contributed by atoms with Crippen molar-refractivity contribution in [3.8, 4) is 0 Å². The number of likely N-dealkylation sites (N-methyl/N-ethyl adjacent to an activating group) is 1. The molecule has 23 heavy (non-hydrogen) atoms. The van der Waals surface area contributed by atoms with Crippen LogP contribution < -0.4 is 5.32 Å². The number of nitrogens with one attached hydrogen (secondary N) is 1. The third kappa shape index (κ3) is 5.42. The van der Waals surface area contributed by atoms with Gasteiger partial charge in [0, 0.05) is 25.0 Å². The first-order valence-corrected chi connectivity index (χ1v) is 7.43. The van der Waals surface area contributed by atoms with Crippen molar-refractivity contribution in [2.24, 2.45) is 0 Å². The summed E-state index contributed by atoms with van der Waals surface area (Å²) in [5, 5.41) is 11.6. The Morgan fingerprint density at radius 3 is 2.39 bits per heavy atom. The molecular weight excluding hydrogens is 309 g/mol. The summed E-state index contributed by atoms with van der Waals surface area (Å²) in [4.78, 5) is 13.4. The quantitative estimate of drug-likeness (QED) is 0.841. The summed E-state index contributed by atoms with van der Waals surface area (Å²) in [5.41, 5.74) is -0.863. The molecule has 2 N–H and O–H groups in total. The molecule has 7 heteroatoms. The van der Waals surface area contributed by atoms with E-state index in [0.717, 1.165) is 12.1 Å². The standard InChI is InChI=1S/C16H23F3N2O2/c1-4-21(8-9-22)14(23)20-11-15(2,3)12-6-5-7-13(10-12)16(17,18)19/h5-7,10,22H,4,8-9,11H2,1-3H3,(H,20,23). The molecule has 4 nitrogen and oxygen atoms in total. The Bertz CT molecular complexity index is 530. The minimum absolute atomic E-state index is 0.141. The zero-order chi connectivity index (χ0) is 17.7. The van der Waals surface area contributed by atoms with Gasteiger partial charge in [0.1, 0.15) is 0 Å². The molecule has 0 saturated carbocycles. The van der Waals surface area contributed by atoms with Crippen molar-refractivity contribution in [3.63, 3.8) is 0 Å². The van der Waals surface area contributed by atoms with Crippen LogP contribution >= 0.6 is 0 Å². The van der Waals surface area contributed by atoms with Gasteiger partial charge in [-0.3, -0.25) is 0 Å². The average molecular weight is 332 g/mol. The van der Waals surface area contributed by atoms with Crippen LogP contribution in [0.3, 0.4) is 0 Å². The van der Waals surface area contributed by atoms with E-state index in [4.69, 9.17) is 5.11 Å². The maximum atomic E-state index is 12.8. The SMILES string of the molecule is CCN(CCO)C(=O)NCC(C)(C)c1cccc(C(F)(F)F)c1. The Morgan fingerprint density at radius 2 is 1.87 bits per heavy atom. The highest BCUT2D eigenvalue weighted by atomic mass is 19.4. The number of aliphatic hydroxyl groups is 1. The highest BCUT2D eigenvalue weighted by molar-refractivity contribution is 5.74.